The van der Waals surface area contributed by atoms with Gasteiger partial charge in [-0.05, 0) is 31.4 Å². The van der Waals surface area contributed by atoms with Gasteiger partial charge in [-0.1, -0.05) is 32.9 Å². The first-order valence-electron chi connectivity index (χ1n) is 6.58. The van der Waals surface area contributed by atoms with Gasteiger partial charge in [0.15, 0.2) is 0 Å². The second kappa shape index (κ2) is 7.04. The number of rotatable bonds is 6. The van der Waals surface area contributed by atoms with Crippen LogP contribution in [0.3, 0.4) is 0 Å². The third-order valence-corrected chi connectivity index (χ3v) is 2.73. The molecule has 0 aromatic heterocycles. The minimum absolute atomic E-state index is 0.0457. The van der Waals surface area contributed by atoms with Crippen LogP contribution in [0.25, 0.3) is 0 Å². The number of ether oxygens (including phenoxy) is 1. The maximum absolute atomic E-state index is 12.0. The van der Waals surface area contributed by atoms with E-state index in [2.05, 4.69) is 19.2 Å². The molecule has 0 aliphatic rings. The summed E-state index contributed by atoms with van der Waals surface area (Å²) in [4.78, 5) is 12.0. The molecule has 0 saturated carbocycles. The molecule has 1 unspecified atom stereocenters. The van der Waals surface area contributed by atoms with Crippen molar-refractivity contribution in [3.05, 3.63) is 29.8 Å². The fraction of sp³-hybridized carbons (Fsp3) is 0.533. The van der Waals surface area contributed by atoms with Crippen molar-refractivity contribution < 1.29 is 9.53 Å². The van der Waals surface area contributed by atoms with Crippen LogP contribution >= 0.6 is 0 Å². The van der Waals surface area contributed by atoms with Crippen LogP contribution in [0.5, 0.6) is 0 Å². The van der Waals surface area contributed by atoms with Gasteiger partial charge in [-0.3, -0.25) is 0 Å². The van der Waals surface area contributed by atoms with E-state index in [9.17, 15) is 4.79 Å². The van der Waals surface area contributed by atoms with Crippen molar-refractivity contribution in [3.8, 4) is 0 Å². The summed E-state index contributed by atoms with van der Waals surface area (Å²) >= 11 is 0. The fourth-order valence-corrected chi connectivity index (χ4v) is 1.46. The van der Waals surface area contributed by atoms with Crippen LogP contribution in [0, 0.1) is 5.92 Å². The molecule has 0 bridgehead atoms. The van der Waals surface area contributed by atoms with Crippen LogP contribution in [-0.4, -0.2) is 18.6 Å². The average Bonchev–Trinajstić information content (AvgIpc) is 2.36. The third kappa shape index (κ3) is 4.40. The number of benzene rings is 1. The number of hydrogen-bond acceptors (Lipinski definition) is 3. The third-order valence-electron chi connectivity index (χ3n) is 2.73. The lowest BCUT2D eigenvalue weighted by atomic mass is 10.1. The first-order chi connectivity index (χ1) is 8.54. The molecular weight excluding hydrogens is 226 g/mol. The lowest BCUT2D eigenvalue weighted by Crippen LogP contribution is -2.17. The summed E-state index contributed by atoms with van der Waals surface area (Å²) in [5.74, 6) is 0.278. The van der Waals surface area contributed by atoms with Gasteiger partial charge in [0.2, 0.25) is 0 Å². The van der Waals surface area contributed by atoms with Crippen molar-refractivity contribution in [1.82, 2.24) is 0 Å². The molecule has 0 aliphatic heterocycles. The maximum atomic E-state index is 12.0. The van der Waals surface area contributed by atoms with Crippen molar-refractivity contribution >= 4 is 11.7 Å². The molecule has 0 amide bonds. The Bertz CT molecular complexity index is 388. The van der Waals surface area contributed by atoms with Gasteiger partial charge in [-0.15, -0.1) is 0 Å². The SMILES string of the molecule is CCC(C)OC(=O)c1ccccc1NCC(C)C. The molecule has 1 aromatic carbocycles. The van der Waals surface area contributed by atoms with E-state index < -0.39 is 0 Å². The second-order valence-electron chi connectivity index (χ2n) is 4.94. The summed E-state index contributed by atoms with van der Waals surface area (Å²) in [7, 11) is 0. The topological polar surface area (TPSA) is 38.3 Å². The van der Waals surface area contributed by atoms with Gasteiger partial charge in [-0.25, -0.2) is 4.79 Å². The minimum atomic E-state index is -0.254. The van der Waals surface area contributed by atoms with E-state index in [0.717, 1.165) is 18.7 Å². The number of nitrogens with one attached hydrogen (secondary N) is 1. The van der Waals surface area contributed by atoms with Crippen molar-refractivity contribution in [2.24, 2.45) is 5.92 Å². The highest BCUT2D eigenvalue weighted by molar-refractivity contribution is 5.95. The molecule has 1 N–H and O–H groups in total. The molecule has 1 aromatic rings. The van der Waals surface area contributed by atoms with E-state index >= 15 is 0 Å². The maximum Gasteiger partial charge on any atom is 0.340 e. The van der Waals surface area contributed by atoms with Gasteiger partial charge in [0.1, 0.15) is 0 Å². The molecule has 1 atom stereocenters. The lowest BCUT2D eigenvalue weighted by Gasteiger charge is -2.15. The summed E-state index contributed by atoms with van der Waals surface area (Å²) in [5, 5.41) is 3.28. The zero-order valence-electron chi connectivity index (χ0n) is 11.7. The van der Waals surface area contributed by atoms with E-state index in [-0.39, 0.29) is 12.1 Å². The fourth-order valence-electron chi connectivity index (χ4n) is 1.46. The van der Waals surface area contributed by atoms with Crippen molar-refractivity contribution in [1.29, 1.82) is 0 Å². The van der Waals surface area contributed by atoms with Gasteiger partial charge >= 0.3 is 5.97 Å². The lowest BCUT2D eigenvalue weighted by molar-refractivity contribution is 0.0335. The Balaban J connectivity index is 2.77. The van der Waals surface area contributed by atoms with Crippen molar-refractivity contribution in [2.45, 2.75) is 40.2 Å². The number of anilines is 1. The van der Waals surface area contributed by atoms with Crippen LogP contribution < -0.4 is 5.32 Å². The van der Waals surface area contributed by atoms with Gasteiger partial charge in [0.05, 0.1) is 11.7 Å². The molecule has 3 heteroatoms. The molecular formula is C15H23NO2. The highest BCUT2D eigenvalue weighted by Gasteiger charge is 2.14. The molecule has 0 radical (unpaired) electrons. The van der Waals surface area contributed by atoms with E-state index in [1.54, 1.807) is 6.07 Å². The van der Waals surface area contributed by atoms with Crippen LogP contribution in [0.15, 0.2) is 24.3 Å². The summed E-state index contributed by atoms with van der Waals surface area (Å²) in [6.07, 6.45) is 0.781. The van der Waals surface area contributed by atoms with Gasteiger partial charge < -0.3 is 10.1 Å². The number of carbonyl (C=O) groups excluding carboxylic acids is 1. The predicted octanol–water partition coefficient (Wildman–Crippen LogP) is 3.71. The standard InChI is InChI=1S/C15H23NO2/c1-5-12(4)18-15(17)13-8-6-7-9-14(13)16-10-11(2)3/h6-9,11-12,16H,5,10H2,1-4H3. The average molecular weight is 249 g/mol. The summed E-state index contributed by atoms with van der Waals surface area (Å²) in [6, 6.07) is 7.49. The number of carbonyl (C=O) groups is 1. The van der Waals surface area contributed by atoms with E-state index in [1.807, 2.05) is 32.0 Å². The molecule has 0 spiro atoms. The quantitative estimate of drug-likeness (QED) is 0.781. The first-order valence-corrected chi connectivity index (χ1v) is 6.58. The van der Waals surface area contributed by atoms with Crippen LogP contribution in [0.1, 0.15) is 44.5 Å². The largest absolute Gasteiger partial charge is 0.459 e. The van der Waals surface area contributed by atoms with E-state index in [0.29, 0.717) is 11.5 Å². The Morgan fingerprint density at radius 2 is 1.94 bits per heavy atom. The zero-order valence-corrected chi connectivity index (χ0v) is 11.7. The molecule has 3 nitrogen and oxygen atoms in total. The van der Waals surface area contributed by atoms with Crippen LogP contribution in [-0.2, 0) is 4.74 Å². The van der Waals surface area contributed by atoms with E-state index in [1.165, 1.54) is 0 Å². The Morgan fingerprint density at radius 1 is 1.28 bits per heavy atom. The monoisotopic (exact) mass is 249 g/mol. The molecule has 100 valence electrons. The normalized spacial score (nSPS) is 12.3. The molecule has 0 saturated heterocycles. The highest BCUT2D eigenvalue weighted by Crippen LogP contribution is 2.17. The van der Waals surface area contributed by atoms with Gasteiger partial charge in [0.25, 0.3) is 0 Å². The van der Waals surface area contributed by atoms with Crippen molar-refractivity contribution in [3.63, 3.8) is 0 Å². The first kappa shape index (κ1) is 14.6. The molecule has 18 heavy (non-hydrogen) atoms. The molecule has 1 rings (SSSR count). The molecule has 0 fully saturated rings. The smallest absolute Gasteiger partial charge is 0.340 e. The minimum Gasteiger partial charge on any atom is -0.459 e. The summed E-state index contributed by atoms with van der Waals surface area (Å²) in [6.45, 7) is 9.01. The number of hydrogen-bond donors (Lipinski definition) is 1. The van der Waals surface area contributed by atoms with Gasteiger partial charge in [0, 0.05) is 12.2 Å². The molecule has 0 aliphatic carbocycles. The van der Waals surface area contributed by atoms with E-state index in [4.69, 9.17) is 4.74 Å². The Kier molecular flexibility index (Phi) is 5.69. The molecule has 0 heterocycles. The summed E-state index contributed by atoms with van der Waals surface area (Å²) in [5.41, 5.74) is 1.46. The second-order valence-corrected chi connectivity index (χ2v) is 4.94. The predicted molar refractivity (Wildman–Crippen MR) is 74.9 cm³/mol. The Labute approximate surface area is 110 Å². The number of para-hydroxylation sites is 1. The highest BCUT2D eigenvalue weighted by atomic mass is 16.5. The van der Waals surface area contributed by atoms with Crippen LogP contribution in [0.2, 0.25) is 0 Å². The Hall–Kier alpha value is -1.51. The zero-order chi connectivity index (χ0) is 13.5. The van der Waals surface area contributed by atoms with Crippen LogP contribution in [0.4, 0.5) is 5.69 Å². The Morgan fingerprint density at radius 3 is 2.56 bits per heavy atom. The van der Waals surface area contributed by atoms with Gasteiger partial charge in [-0.2, -0.15) is 0 Å². The summed E-state index contributed by atoms with van der Waals surface area (Å²) < 4.78 is 5.35. The number of esters is 1. The van der Waals surface area contributed by atoms with Crippen molar-refractivity contribution in [2.75, 3.05) is 11.9 Å².